The highest BCUT2D eigenvalue weighted by atomic mass is 16.5. The number of morpholine rings is 1. The highest BCUT2D eigenvalue weighted by molar-refractivity contribution is 5.88. The fraction of sp³-hybridized carbons (Fsp3) is 0.667. The van der Waals surface area contributed by atoms with E-state index in [9.17, 15) is 4.79 Å². The maximum Gasteiger partial charge on any atom is 0.241 e. The maximum atomic E-state index is 12.8. The maximum absolute atomic E-state index is 12.8. The zero-order valence-electron chi connectivity index (χ0n) is 16.8. The number of ether oxygens (including phenoxy) is 2. The molecule has 2 atom stereocenters. The van der Waals surface area contributed by atoms with Gasteiger partial charge in [-0.3, -0.25) is 9.69 Å². The molecule has 3 rings (SSSR count). The van der Waals surface area contributed by atoms with Gasteiger partial charge in [-0.05, 0) is 18.1 Å². The Balaban J connectivity index is 1.55. The van der Waals surface area contributed by atoms with E-state index in [1.54, 1.807) is 0 Å². The van der Waals surface area contributed by atoms with E-state index in [1.807, 2.05) is 32.9 Å². The van der Waals surface area contributed by atoms with Crippen LogP contribution in [0.1, 0.15) is 38.3 Å². The summed E-state index contributed by atoms with van der Waals surface area (Å²) in [5.41, 5.74) is 7.56. The van der Waals surface area contributed by atoms with E-state index < -0.39 is 5.54 Å². The van der Waals surface area contributed by atoms with Crippen molar-refractivity contribution in [3.63, 3.8) is 0 Å². The van der Waals surface area contributed by atoms with Gasteiger partial charge in [0, 0.05) is 44.6 Å². The minimum Gasteiger partial charge on any atom is -0.379 e. The summed E-state index contributed by atoms with van der Waals surface area (Å²) >= 11 is 0. The number of nitrogens with one attached hydrogen (secondary N) is 1. The predicted molar refractivity (Wildman–Crippen MR) is 105 cm³/mol. The first-order valence-electron chi connectivity index (χ1n) is 9.93. The number of carbonyl (C=O) groups is 1. The molecule has 1 amide bonds. The summed E-state index contributed by atoms with van der Waals surface area (Å²) in [6, 6.07) is 8.38. The standard InChI is InChI=1S/C21H33N3O3/c1-4-27-18-13-21(22,20(18,2)3)19(25)23-14-16-6-5-7-17(12-16)15-24-8-10-26-11-9-24/h5-7,12,18H,4,8-11,13-15,22H2,1-3H3,(H,23,25). The Bertz CT molecular complexity index is 658. The number of benzene rings is 1. The van der Waals surface area contributed by atoms with Crippen molar-refractivity contribution in [1.29, 1.82) is 0 Å². The highest BCUT2D eigenvalue weighted by Gasteiger charge is 2.62. The zero-order valence-corrected chi connectivity index (χ0v) is 16.8. The molecule has 6 heteroatoms. The Morgan fingerprint density at radius 3 is 2.70 bits per heavy atom. The Morgan fingerprint density at radius 1 is 1.33 bits per heavy atom. The van der Waals surface area contributed by atoms with Crippen molar-refractivity contribution in [2.75, 3.05) is 32.9 Å². The lowest BCUT2D eigenvalue weighted by atomic mass is 9.54. The van der Waals surface area contributed by atoms with Gasteiger partial charge < -0.3 is 20.5 Å². The normalized spacial score (nSPS) is 27.8. The van der Waals surface area contributed by atoms with Gasteiger partial charge >= 0.3 is 0 Å². The number of amides is 1. The summed E-state index contributed by atoms with van der Waals surface area (Å²) in [6.45, 7) is 11.6. The third kappa shape index (κ3) is 4.19. The summed E-state index contributed by atoms with van der Waals surface area (Å²) in [7, 11) is 0. The SMILES string of the molecule is CCOC1CC(N)(C(=O)NCc2cccc(CN3CCOCC3)c2)C1(C)C. The lowest BCUT2D eigenvalue weighted by Gasteiger charge is -2.57. The van der Waals surface area contributed by atoms with Crippen molar-refractivity contribution in [3.8, 4) is 0 Å². The van der Waals surface area contributed by atoms with Gasteiger partial charge in [0.2, 0.25) is 5.91 Å². The molecule has 27 heavy (non-hydrogen) atoms. The van der Waals surface area contributed by atoms with E-state index in [1.165, 1.54) is 5.56 Å². The molecule has 1 heterocycles. The van der Waals surface area contributed by atoms with E-state index in [4.69, 9.17) is 15.2 Å². The summed E-state index contributed by atoms with van der Waals surface area (Å²) in [5, 5.41) is 3.04. The van der Waals surface area contributed by atoms with Crippen LogP contribution in [0.4, 0.5) is 0 Å². The van der Waals surface area contributed by atoms with Crippen molar-refractivity contribution in [3.05, 3.63) is 35.4 Å². The molecule has 3 N–H and O–H groups in total. The average molecular weight is 376 g/mol. The van der Waals surface area contributed by atoms with Gasteiger partial charge in [-0.1, -0.05) is 38.1 Å². The number of nitrogens with two attached hydrogens (primary N) is 1. The molecule has 0 radical (unpaired) electrons. The second-order valence-electron chi connectivity index (χ2n) is 8.23. The number of hydrogen-bond acceptors (Lipinski definition) is 5. The lowest BCUT2D eigenvalue weighted by molar-refractivity contribution is -0.170. The molecule has 0 bridgehead atoms. The van der Waals surface area contributed by atoms with Crippen LogP contribution < -0.4 is 11.1 Å². The van der Waals surface area contributed by atoms with E-state index in [-0.39, 0.29) is 17.4 Å². The fourth-order valence-corrected chi connectivity index (χ4v) is 4.02. The summed E-state index contributed by atoms with van der Waals surface area (Å²) in [4.78, 5) is 15.2. The Hall–Kier alpha value is -1.47. The minimum atomic E-state index is -0.877. The zero-order chi connectivity index (χ0) is 19.5. The van der Waals surface area contributed by atoms with Crippen molar-refractivity contribution in [2.24, 2.45) is 11.1 Å². The second-order valence-corrected chi connectivity index (χ2v) is 8.23. The molecule has 150 valence electrons. The van der Waals surface area contributed by atoms with Crippen LogP contribution in [0.25, 0.3) is 0 Å². The van der Waals surface area contributed by atoms with Gasteiger partial charge in [-0.15, -0.1) is 0 Å². The van der Waals surface area contributed by atoms with Gasteiger partial charge in [-0.25, -0.2) is 0 Å². The van der Waals surface area contributed by atoms with Crippen LogP contribution in [-0.4, -0.2) is 55.4 Å². The van der Waals surface area contributed by atoms with Crippen LogP contribution >= 0.6 is 0 Å². The molecule has 1 saturated carbocycles. The Kier molecular flexibility index (Phi) is 6.21. The summed E-state index contributed by atoms with van der Waals surface area (Å²) in [5.74, 6) is -0.0953. The molecule has 1 saturated heterocycles. The van der Waals surface area contributed by atoms with Crippen molar-refractivity contribution in [2.45, 2.75) is 51.9 Å². The first kappa shape index (κ1) is 20.3. The van der Waals surface area contributed by atoms with Crippen LogP contribution in [0.2, 0.25) is 0 Å². The van der Waals surface area contributed by atoms with Crippen molar-refractivity contribution in [1.82, 2.24) is 10.2 Å². The van der Waals surface area contributed by atoms with E-state index >= 15 is 0 Å². The van der Waals surface area contributed by atoms with Gasteiger partial charge in [-0.2, -0.15) is 0 Å². The summed E-state index contributed by atoms with van der Waals surface area (Å²) in [6.07, 6.45) is 0.603. The van der Waals surface area contributed by atoms with E-state index in [0.29, 0.717) is 19.6 Å². The van der Waals surface area contributed by atoms with Crippen LogP contribution in [0.15, 0.2) is 24.3 Å². The lowest BCUT2D eigenvalue weighted by Crippen LogP contribution is -2.75. The fourth-order valence-electron chi connectivity index (χ4n) is 4.02. The second kappa shape index (κ2) is 8.27. The molecule has 6 nitrogen and oxygen atoms in total. The summed E-state index contributed by atoms with van der Waals surface area (Å²) < 4.78 is 11.1. The molecular weight excluding hydrogens is 342 g/mol. The quantitative estimate of drug-likeness (QED) is 0.758. The topological polar surface area (TPSA) is 76.8 Å². The molecule has 1 aliphatic carbocycles. The smallest absolute Gasteiger partial charge is 0.241 e. The molecule has 2 aliphatic rings. The van der Waals surface area contributed by atoms with Crippen LogP contribution in [0, 0.1) is 5.41 Å². The number of nitrogens with zero attached hydrogens (tertiary/aromatic N) is 1. The van der Waals surface area contributed by atoms with Gasteiger partial charge in [0.05, 0.1) is 19.3 Å². The third-order valence-electron chi connectivity index (χ3n) is 6.19. The van der Waals surface area contributed by atoms with Crippen LogP contribution in [0.3, 0.4) is 0 Å². The van der Waals surface area contributed by atoms with Crippen LogP contribution in [-0.2, 0) is 27.4 Å². The molecule has 1 aromatic carbocycles. The molecule has 2 fully saturated rings. The largest absolute Gasteiger partial charge is 0.379 e. The van der Waals surface area contributed by atoms with Gasteiger partial charge in [0.1, 0.15) is 5.54 Å². The molecule has 1 aromatic rings. The molecule has 2 unspecified atom stereocenters. The van der Waals surface area contributed by atoms with Crippen molar-refractivity contribution < 1.29 is 14.3 Å². The Labute approximate surface area is 162 Å². The monoisotopic (exact) mass is 375 g/mol. The average Bonchev–Trinajstić information content (AvgIpc) is 2.67. The molecule has 0 aromatic heterocycles. The molecule has 1 aliphatic heterocycles. The first-order valence-corrected chi connectivity index (χ1v) is 9.93. The van der Waals surface area contributed by atoms with Gasteiger partial charge in [0.25, 0.3) is 0 Å². The van der Waals surface area contributed by atoms with E-state index in [0.717, 1.165) is 38.4 Å². The van der Waals surface area contributed by atoms with Crippen molar-refractivity contribution >= 4 is 5.91 Å². The predicted octanol–water partition coefficient (Wildman–Crippen LogP) is 1.67. The highest BCUT2D eigenvalue weighted by Crippen LogP contribution is 2.49. The van der Waals surface area contributed by atoms with Crippen LogP contribution in [0.5, 0.6) is 0 Å². The molecular formula is C21H33N3O3. The minimum absolute atomic E-state index is 0.0371. The van der Waals surface area contributed by atoms with E-state index in [2.05, 4.69) is 22.3 Å². The number of rotatable bonds is 7. The Morgan fingerprint density at radius 2 is 2.04 bits per heavy atom. The number of carbonyl (C=O) groups excluding carboxylic acids is 1. The molecule has 0 spiro atoms. The van der Waals surface area contributed by atoms with Gasteiger partial charge in [0.15, 0.2) is 0 Å². The third-order valence-corrected chi connectivity index (χ3v) is 6.19. The number of hydrogen-bond donors (Lipinski definition) is 2. The first-order chi connectivity index (χ1) is 12.9.